The number of H-pyrrole nitrogens is 1. The van der Waals surface area contributed by atoms with Crippen molar-refractivity contribution in [2.45, 2.75) is 52.0 Å². The van der Waals surface area contributed by atoms with E-state index in [1.165, 1.54) is 16.8 Å². The smallest absolute Gasteiger partial charge is 0.331 e. The van der Waals surface area contributed by atoms with Crippen LogP contribution in [0.3, 0.4) is 0 Å². The molecule has 188 valence electrons. The predicted octanol–water partition coefficient (Wildman–Crippen LogP) is 5.83. The number of aryl methyl sites for hydroxylation is 1. The second-order valence-corrected chi connectivity index (χ2v) is 10.5. The minimum absolute atomic E-state index is 0.227. The van der Waals surface area contributed by atoms with Crippen LogP contribution in [0.25, 0.3) is 38.6 Å². The molecule has 5 aromatic rings. The highest BCUT2D eigenvalue weighted by Crippen LogP contribution is 2.46. The van der Waals surface area contributed by atoms with Crippen molar-refractivity contribution in [3.63, 3.8) is 0 Å². The first-order valence-electron chi connectivity index (χ1n) is 11.9. The van der Waals surface area contributed by atoms with Gasteiger partial charge in [-0.25, -0.2) is 9.18 Å². The molecule has 0 aliphatic heterocycles. The number of hydrogen-bond acceptors (Lipinski definition) is 4. The zero-order valence-electron chi connectivity index (χ0n) is 21.3. The van der Waals surface area contributed by atoms with Crippen molar-refractivity contribution >= 4 is 27.8 Å². The molecule has 0 unspecified atom stereocenters. The molecule has 0 fully saturated rings. The van der Waals surface area contributed by atoms with Crippen LogP contribution in [0.1, 0.15) is 45.5 Å². The quantitative estimate of drug-likeness (QED) is 0.306. The third-order valence-electron chi connectivity index (χ3n) is 7.04. The summed E-state index contributed by atoms with van der Waals surface area (Å²) in [4.78, 5) is 12.0. The highest BCUT2D eigenvalue weighted by atomic mass is 19.1. The van der Waals surface area contributed by atoms with E-state index in [4.69, 9.17) is 0 Å². The van der Waals surface area contributed by atoms with Crippen LogP contribution in [0.4, 0.5) is 4.39 Å². The van der Waals surface area contributed by atoms with Crippen molar-refractivity contribution in [2.75, 3.05) is 0 Å². The number of nitriles is 1. The van der Waals surface area contributed by atoms with Crippen molar-refractivity contribution < 1.29 is 14.3 Å². The van der Waals surface area contributed by atoms with Gasteiger partial charge in [-0.15, -0.1) is 0 Å². The molecule has 37 heavy (non-hydrogen) atoms. The summed E-state index contributed by atoms with van der Waals surface area (Å²) < 4.78 is 17.4. The monoisotopic (exact) mass is 498 g/mol. The van der Waals surface area contributed by atoms with Crippen LogP contribution in [0, 0.1) is 24.1 Å². The number of hydrogen-bond donors (Lipinski definition) is 2. The SMILES string of the molecule is Cc1nn(C(C)(C)C(=O)O)cc1-c1c(C(C)(C)CC#N)n(-c2ccc(F)cc2)c2cc3cn[nH]c3cc12. The van der Waals surface area contributed by atoms with Gasteiger partial charge in [0.05, 0.1) is 29.0 Å². The Labute approximate surface area is 212 Å². The minimum Gasteiger partial charge on any atom is -0.479 e. The van der Waals surface area contributed by atoms with E-state index in [1.807, 2.05) is 32.9 Å². The van der Waals surface area contributed by atoms with Crippen molar-refractivity contribution in [3.05, 3.63) is 66.0 Å². The molecule has 3 heterocycles. The van der Waals surface area contributed by atoms with Crippen LogP contribution in [0.15, 0.2) is 48.8 Å². The van der Waals surface area contributed by atoms with Crippen LogP contribution < -0.4 is 0 Å². The molecule has 5 rings (SSSR count). The average Bonchev–Trinajstić information content (AvgIpc) is 3.53. The zero-order chi connectivity index (χ0) is 26.7. The summed E-state index contributed by atoms with van der Waals surface area (Å²) in [6, 6.07) is 12.6. The maximum absolute atomic E-state index is 13.9. The number of aliphatic carboxylic acids is 1. The Bertz CT molecular complexity index is 1710. The fraction of sp³-hybridized carbons (Fsp3) is 0.286. The first-order chi connectivity index (χ1) is 17.5. The fourth-order valence-corrected chi connectivity index (χ4v) is 4.87. The summed E-state index contributed by atoms with van der Waals surface area (Å²) in [7, 11) is 0. The van der Waals surface area contributed by atoms with E-state index in [1.54, 1.807) is 38.4 Å². The molecule has 2 N–H and O–H groups in total. The molecule has 9 heteroatoms. The van der Waals surface area contributed by atoms with Crippen molar-refractivity contribution in [1.82, 2.24) is 24.5 Å². The lowest BCUT2D eigenvalue weighted by Gasteiger charge is -2.26. The average molecular weight is 499 g/mol. The van der Waals surface area contributed by atoms with Gasteiger partial charge in [0.1, 0.15) is 5.82 Å². The Morgan fingerprint density at radius 1 is 1.19 bits per heavy atom. The molecule has 0 aliphatic carbocycles. The van der Waals surface area contributed by atoms with Gasteiger partial charge in [-0.1, -0.05) is 13.8 Å². The van der Waals surface area contributed by atoms with E-state index in [2.05, 4.69) is 25.9 Å². The second-order valence-electron chi connectivity index (χ2n) is 10.5. The van der Waals surface area contributed by atoms with Crippen molar-refractivity contribution in [1.29, 1.82) is 5.26 Å². The number of rotatable bonds is 6. The fourth-order valence-electron chi connectivity index (χ4n) is 4.87. The van der Waals surface area contributed by atoms with E-state index in [9.17, 15) is 19.6 Å². The number of benzene rings is 2. The lowest BCUT2D eigenvalue weighted by molar-refractivity contribution is -0.146. The number of carboxylic acid groups (broad SMARTS) is 1. The van der Waals surface area contributed by atoms with Gasteiger partial charge in [-0.05, 0) is 57.2 Å². The number of nitrogens with zero attached hydrogens (tertiary/aromatic N) is 5. The molecule has 0 aliphatic rings. The van der Waals surface area contributed by atoms with E-state index >= 15 is 0 Å². The molecule has 0 radical (unpaired) electrons. The van der Waals surface area contributed by atoms with E-state index < -0.39 is 16.9 Å². The number of fused-ring (bicyclic) bond motifs is 2. The van der Waals surface area contributed by atoms with Gasteiger partial charge >= 0.3 is 5.97 Å². The normalized spacial score (nSPS) is 12.4. The number of halogens is 1. The maximum atomic E-state index is 13.9. The number of aromatic nitrogens is 5. The Morgan fingerprint density at radius 2 is 1.89 bits per heavy atom. The van der Waals surface area contributed by atoms with Crippen LogP contribution in [-0.2, 0) is 15.7 Å². The maximum Gasteiger partial charge on any atom is 0.331 e. The Morgan fingerprint density at radius 3 is 2.54 bits per heavy atom. The largest absolute Gasteiger partial charge is 0.479 e. The highest BCUT2D eigenvalue weighted by molar-refractivity contribution is 6.06. The predicted molar refractivity (Wildman–Crippen MR) is 139 cm³/mol. The van der Waals surface area contributed by atoms with Gasteiger partial charge in [-0.3, -0.25) is 9.78 Å². The topological polar surface area (TPSA) is 113 Å². The van der Waals surface area contributed by atoms with Crippen molar-refractivity contribution in [2.24, 2.45) is 0 Å². The molecule has 0 spiro atoms. The molecule has 0 saturated heterocycles. The van der Waals surface area contributed by atoms with E-state index in [-0.39, 0.29) is 12.2 Å². The standard InChI is InChI=1S/C28H27FN6O2/c1-16-21(15-34(33-16)28(4,5)26(36)37)24-20-13-22-17(14-31-32-22)12-23(20)35(19-8-6-18(29)7-9-19)25(24)27(2,3)10-11-30/h6-9,12-15H,10H2,1-5H3,(H,31,32)(H,36,37). The van der Waals surface area contributed by atoms with Crippen molar-refractivity contribution in [3.8, 4) is 22.9 Å². The lowest BCUT2D eigenvalue weighted by Crippen LogP contribution is -2.36. The lowest BCUT2D eigenvalue weighted by atomic mass is 9.82. The second kappa shape index (κ2) is 8.30. The summed E-state index contributed by atoms with van der Waals surface area (Å²) in [6.45, 7) is 9.05. The number of carboxylic acids is 1. The number of carbonyl (C=O) groups is 1. The summed E-state index contributed by atoms with van der Waals surface area (Å²) in [5, 5.41) is 33.2. The van der Waals surface area contributed by atoms with E-state index in [0.29, 0.717) is 5.69 Å². The molecular weight excluding hydrogens is 471 g/mol. The van der Waals surface area contributed by atoms with Crippen LogP contribution >= 0.6 is 0 Å². The molecule has 0 atom stereocenters. The molecule has 0 bridgehead atoms. The molecular formula is C28H27FN6O2. The third kappa shape index (κ3) is 3.76. The van der Waals surface area contributed by atoms with Gasteiger partial charge in [-0.2, -0.15) is 15.5 Å². The first kappa shape index (κ1) is 24.3. The summed E-state index contributed by atoms with van der Waals surface area (Å²) in [5.41, 5.74) is 3.68. The minimum atomic E-state index is -1.27. The van der Waals surface area contributed by atoms with Gasteiger partial charge in [0.2, 0.25) is 0 Å². The third-order valence-corrected chi connectivity index (χ3v) is 7.04. The Balaban J connectivity index is 1.96. The van der Waals surface area contributed by atoms with Gasteiger partial charge < -0.3 is 9.67 Å². The van der Waals surface area contributed by atoms with Gasteiger partial charge in [0.15, 0.2) is 5.54 Å². The molecule has 0 saturated carbocycles. The van der Waals surface area contributed by atoms with Gasteiger partial charge in [0, 0.05) is 51.3 Å². The summed E-state index contributed by atoms with van der Waals surface area (Å²) in [6.07, 6.45) is 3.73. The zero-order valence-corrected chi connectivity index (χ0v) is 21.3. The van der Waals surface area contributed by atoms with Gasteiger partial charge in [0.25, 0.3) is 0 Å². The van der Waals surface area contributed by atoms with Crippen LogP contribution in [-0.4, -0.2) is 35.6 Å². The van der Waals surface area contributed by atoms with Crippen LogP contribution in [0.2, 0.25) is 0 Å². The first-order valence-corrected chi connectivity index (χ1v) is 11.9. The molecule has 3 aromatic heterocycles. The Kier molecular flexibility index (Phi) is 5.44. The molecule has 8 nitrogen and oxygen atoms in total. The highest BCUT2D eigenvalue weighted by Gasteiger charge is 2.35. The number of aromatic amines is 1. The van der Waals surface area contributed by atoms with E-state index in [0.717, 1.165) is 44.3 Å². The summed E-state index contributed by atoms with van der Waals surface area (Å²) in [5.74, 6) is -1.34. The van der Waals surface area contributed by atoms with Crippen LogP contribution in [0.5, 0.6) is 0 Å². The number of nitrogens with one attached hydrogen (secondary N) is 1. The molecule has 0 amide bonds. The summed E-state index contributed by atoms with van der Waals surface area (Å²) >= 11 is 0. The Hall–Kier alpha value is -4.45. The molecule has 2 aromatic carbocycles.